The molecule has 0 atom stereocenters. The lowest BCUT2D eigenvalue weighted by Crippen LogP contribution is -2.14. The van der Waals surface area contributed by atoms with Gasteiger partial charge in [0, 0.05) is 5.69 Å². The molecule has 3 rings (SSSR count). The molecular weight excluding hydrogens is 381 g/mol. The lowest BCUT2D eigenvalue weighted by atomic mass is 10.2. The highest BCUT2D eigenvalue weighted by Gasteiger charge is 2.15. The third kappa shape index (κ3) is 4.98. The number of nitrogens with one attached hydrogen (secondary N) is 2. The van der Waals surface area contributed by atoms with Crippen molar-refractivity contribution in [2.45, 2.75) is 20.0 Å². The fraction of sp³-hybridized carbons (Fsp3) is 0.143. The average molecular weight is 400 g/mol. The Morgan fingerprint density at radius 2 is 1.79 bits per heavy atom. The first-order valence-electron chi connectivity index (χ1n) is 8.67. The van der Waals surface area contributed by atoms with E-state index in [4.69, 9.17) is 16.3 Å². The van der Waals surface area contributed by atoms with Crippen molar-refractivity contribution in [2.24, 2.45) is 0 Å². The van der Waals surface area contributed by atoms with E-state index in [-0.39, 0.29) is 16.7 Å². The average Bonchev–Trinajstić information content (AvgIpc) is 2.64. The van der Waals surface area contributed by atoms with Gasteiger partial charge in [-0.25, -0.2) is 9.37 Å². The van der Waals surface area contributed by atoms with Gasteiger partial charge in [0.05, 0.1) is 28.6 Å². The van der Waals surface area contributed by atoms with E-state index in [1.54, 1.807) is 12.1 Å². The molecule has 7 heteroatoms. The van der Waals surface area contributed by atoms with E-state index in [0.717, 1.165) is 11.4 Å². The van der Waals surface area contributed by atoms with Crippen LogP contribution in [-0.4, -0.2) is 17.0 Å². The van der Waals surface area contributed by atoms with Crippen molar-refractivity contribution in [1.82, 2.24) is 4.98 Å². The Kier molecular flexibility index (Phi) is 6.11. The number of hydrogen-bond donors (Lipinski definition) is 2. The van der Waals surface area contributed by atoms with Crippen molar-refractivity contribution in [3.63, 3.8) is 0 Å². The lowest BCUT2D eigenvalue weighted by Gasteiger charge is -2.11. The Morgan fingerprint density at radius 1 is 1.07 bits per heavy atom. The third-order valence-electron chi connectivity index (χ3n) is 3.71. The zero-order valence-corrected chi connectivity index (χ0v) is 16.1. The van der Waals surface area contributed by atoms with Crippen LogP contribution in [0.5, 0.6) is 5.75 Å². The minimum Gasteiger partial charge on any atom is -0.491 e. The van der Waals surface area contributed by atoms with Gasteiger partial charge in [-0.1, -0.05) is 17.7 Å². The van der Waals surface area contributed by atoms with Gasteiger partial charge in [-0.2, -0.15) is 0 Å². The summed E-state index contributed by atoms with van der Waals surface area (Å²) < 4.78 is 19.4. The highest BCUT2D eigenvalue weighted by atomic mass is 35.5. The summed E-state index contributed by atoms with van der Waals surface area (Å²) in [5.74, 6) is 0.0744. The normalized spacial score (nSPS) is 10.6. The number of ether oxygens (including phenoxy) is 1. The summed E-state index contributed by atoms with van der Waals surface area (Å²) in [6.07, 6.45) is 1.59. The van der Waals surface area contributed by atoms with Crippen molar-refractivity contribution < 1.29 is 13.9 Å². The van der Waals surface area contributed by atoms with Gasteiger partial charge in [-0.15, -0.1) is 0 Å². The van der Waals surface area contributed by atoms with E-state index in [0.29, 0.717) is 11.5 Å². The van der Waals surface area contributed by atoms with Crippen molar-refractivity contribution in [3.05, 3.63) is 77.2 Å². The first-order chi connectivity index (χ1) is 13.4. The molecule has 0 radical (unpaired) electrons. The highest BCUT2D eigenvalue weighted by molar-refractivity contribution is 6.34. The predicted octanol–water partition coefficient (Wildman–Crippen LogP) is 5.66. The molecule has 2 aromatic carbocycles. The maximum Gasteiger partial charge on any atom is 0.260 e. The molecule has 5 nitrogen and oxygen atoms in total. The summed E-state index contributed by atoms with van der Waals surface area (Å²) in [7, 11) is 0. The van der Waals surface area contributed by atoms with Gasteiger partial charge in [0.2, 0.25) is 0 Å². The van der Waals surface area contributed by atoms with E-state index in [2.05, 4.69) is 15.6 Å². The molecule has 0 aliphatic heterocycles. The van der Waals surface area contributed by atoms with Gasteiger partial charge in [-0.05, 0) is 62.4 Å². The second-order valence-electron chi connectivity index (χ2n) is 6.30. The largest absolute Gasteiger partial charge is 0.491 e. The summed E-state index contributed by atoms with van der Waals surface area (Å²) in [4.78, 5) is 16.5. The summed E-state index contributed by atoms with van der Waals surface area (Å²) in [5, 5.41) is 5.79. The Balaban J connectivity index is 1.64. The van der Waals surface area contributed by atoms with Gasteiger partial charge in [0.25, 0.3) is 5.91 Å². The Morgan fingerprint density at radius 3 is 2.39 bits per heavy atom. The predicted molar refractivity (Wildman–Crippen MR) is 109 cm³/mol. The molecule has 0 fully saturated rings. The summed E-state index contributed by atoms with van der Waals surface area (Å²) in [6, 6.07) is 15.0. The number of aromatic nitrogens is 1. The molecule has 0 aliphatic rings. The lowest BCUT2D eigenvalue weighted by molar-refractivity contribution is 0.102. The Labute approximate surface area is 167 Å². The van der Waals surface area contributed by atoms with Gasteiger partial charge in [-0.3, -0.25) is 4.79 Å². The van der Waals surface area contributed by atoms with Crippen molar-refractivity contribution in [1.29, 1.82) is 0 Å². The van der Waals surface area contributed by atoms with Crippen LogP contribution in [0.15, 0.2) is 60.8 Å². The van der Waals surface area contributed by atoms with Crippen LogP contribution in [0.4, 0.5) is 21.6 Å². The number of nitrogens with zero attached hydrogens (tertiary/aromatic N) is 1. The van der Waals surface area contributed by atoms with Gasteiger partial charge < -0.3 is 15.4 Å². The number of hydrogen-bond acceptors (Lipinski definition) is 4. The maximum atomic E-state index is 13.8. The minimum atomic E-state index is -0.680. The van der Waals surface area contributed by atoms with Gasteiger partial charge in [0.1, 0.15) is 17.4 Å². The van der Waals surface area contributed by atoms with Crippen LogP contribution < -0.4 is 15.4 Å². The number of carbonyl (C=O) groups is 1. The first kappa shape index (κ1) is 19.6. The number of halogens is 2. The van der Waals surface area contributed by atoms with Crippen LogP contribution in [0.1, 0.15) is 24.2 Å². The number of amides is 1. The summed E-state index contributed by atoms with van der Waals surface area (Å²) in [5.41, 5.74) is 1.07. The number of carbonyl (C=O) groups excluding carboxylic acids is 1. The minimum absolute atomic E-state index is 0.0497. The molecule has 28 heavy (non-hydrogen) atoms. The van der Waals surface area contributed by atoms with E-state index in [1.165, 1.54) is 24.4 Å². The molecule has 1 amide bonds. The van der Waals surface area contributed by atoms with Crippen molar-refractivity contribution in [3.8, 4) is 5.75 Å². The molecule has 0 aliphatic carbocycles. The SMILES string of the molecule is CC(C)Oc1ccc(Nc2ccc(NC(=O)c3c(F)cccc3Cl)cn2)cc1. The van der Waals surface area contributed by atoms with Crippen LogP contribution in [0.2, 0.25) is 5.02 Å². The number of anilines is 3. The number of benzene rings is 2. The maximum absolute atomic E-state index is 13.8. The van der Waals surface area contributed by atoms with Crippen molar-refractivity contribution in [2.75, 3.05) is 10.6 Å². The van der Waals surface area contributed by atoms with Crippen LogP contribution in [0.3, 0.4) is 0 Å². The molecule has 1 aromatic heterocycles. The molecule has 0 saturated heterocycles. The Hall–Kier alpha value is -3.12. The van der Waals surface area contributed by atoms with E-state index >= 15 is 0 Å². The standard InChI is InChI=1S/C21H19ClFN3O2/c1-13(2)28-16-9-6-14(7-10-16)25-19-11-8-15(12-24-19)26-21(27)20-17(22)4-3-5-18(20)23/h3-13H,1-2H3,(H,24,25)(H,26,27). The summed E-state index contributed by atoms with van der Waals surface area (Å²) in [6.45, 7) is 3.94. The molecule has 144 valence electrons. The fourth-order valence-corrected chi connectivity index (χ4v) is 2.74. The third-order valence-corrected chi connectivity index (χ3v) is 4.02. The number of rotatable bonds is 6. The smallest absolute Gasteiger partial charge is 0.260 e. The van der Waals surface area contributed by atoms with Crippen LogP contribution >= 0.6 is 11.6 Å². The quantitative estimate of drug-likeness (QED) is 0.561. The highest BCUT2D eigenvalue weighted by Crippen LogP contribution is 2.22. The van der Waals surface area contributed by atoms with Crippen molar-refractivity contribution >= 4 is 34.7 Å². The van der Waals surface area contributed by atoms with Gasteiger partial charge in [0.15, 0.2) is 0 Å². The Bertz CT molecular complexity index is 940. The molecule has 0 saturated carbocycles. The zero-order chi connectivity index (χ0) is 20.1. The van der Waals surface area contributed by atoms with Crippen LogP contribution in [-0.2, 0) is 0 Å². The molecule has 3 aromatic rings. The fourth-order valence-electron chi connectivity index (χ4n) is 2.49. The molecule has 1 heterocycles. The van der Waals surface area contributed by atoms with Crippen LogP contribution in [0, 0.1) is 5.82 Å². The molecule has 0 bridgehead atoms. The second kappa shape index (κ2) is 8.71. The number of pyridine rings is 1. The monoisotopic (exact) mass is 399 g/mol. The van der Waals surface area contributed by atoms with Crippen LogP contribution in [0.25, 0.3) is 0 Å². The second-order valence-corrected chi connectivity index (χ2v) is 6.71. The van der Waals surface area contributed by atoms with E-state index in [9.17, 15) is 9.18 Å². The van der Waals surface area contributed by atoms with E-state index in [1.807, 2.05) is 38.1 Å². The molecule has 0 spiro atoms. The summed E-state index contributed by atoms with van der Waals surface area (Å²) >= 11 is 5.91. The molecule has 0 unspecified atom stereocenters. The van der Waals surface area contributed by atoms with E-state index < -0.39 is 11.7 Å². The molecule has 2 N–H and O–H groups in total. The topological polar surface area (TPSA) is 63.2 Å². The van der Waals surface area contributed by atoms with Gasteiger partial charge >= 0.3 is 0 Å². The first-order valence-corrected chi connectivity index (χ1v) is 9.05. The molecular formula is C21H19ClFN3O2. The zero-order valence-electron chi connectivity index (χ0n) is 15.4.